The van der Waals surface area contributed by atoms with Crippen LogP contribution >= 0.6 is 0 Å². The van der Waals surface area contributed by atoms with Gasteiger partial charge >= 0.3 is 0 Å². The molecule has 1 aliphatic heterocycles. The minimum Gasteiger partial charge on any atom is -0.350 e. The number of anilines is 1. The Labute approximate surface area is 144 Å². The van der Waals surface area contributed by atoms with Crippen molar-refractivity contribution >= 4 is 17.5 Å². The molecular formula is C19H18F2N2O2. The van der Waals surface area contributed by atoms with Crippen LogP contribution in [0.2, 0.25) is 0 Å². The summed E-state index contributed by atoms with van der Waals surface area (Å²) in [7, 11) is 0. The van der Waals surface area contributed by atoms with Crippen LogP contribution in [0.5, 0.6) is 0 Å². The number of benzene rings is 2. The number of rotatable bonds is 4. The van der Waals surface area contributed by atoms with Crippen LogP contribution in [0.1, 0.15) is 24.0 Å². The van der Waals surface area contributed by atoms with Crippen molar-refractivity contribution in [2.45, 2.75) is 25.8 Å². The summed E-state index contributed by atoms with van der Waals surface area (Å²) in [5, 5.41) is 2.55. The summed E-state index contributed by atoms with van der Waals surface area (Å²) >= 11 is 0. The fraction of sp³-hybridized carbons (Fsp3) is 0.263. The molecule has 130 valence electrons. The first-order valence-electron chi connectivity index (χ1n) is 8.13. The fourth-order valence-electron chi connectivity index (χ4n) is 2.93. The van der Waals surface area contributed by atoms with Crippen LogP contribution in [0, 0.1) is 11.6 Å². The maximum absolute atomic E-state index is 13.6. The molecule has 4 nitrogen and oxygen atoms in total. The molecule has 0 bridgehead atoms. The number of nitrogens with zero attached hydrogens (tertiary/aromatic N) is 1. The molecule has 0 radical (unpaired) electrons. The van der Waals surface area contributed by atoms with E-state index in [2.05, 4.69) is 5.32 Å². The van der Waals surface area contributed by atoms with E-state index in [0.29, 0.717) is 6.42 Å². The van der Waals surface area contributed by atoms with Crippen molar-refractivity contribution in [3.63, 3.8) is 0 Å². The van der Waals surface area contributed by atoms with Gasteiger partial charge < -0.3 is 10.2 Å². The lowest BCUT2D eigenvalue weighted by Gasteiger charge is -2.22. The van der Waals surface area contributed by atoms with E-state index >= 15 is 0 Å². The number of nitrogens with one attached hydrogen (secondary N) is 1. The number of hydrogen-bond acceptors (Lipinski definition) is 2. The Morgan fingerprint density at radius 3 is 2.76 bits per heavy atom. The molecular weight excluding hydrogens is 326 g/mol. The molecule has 2 aromatic rings. The quantitative estimate of drug-likeness (QED) is 0.927. The number of para-hydroxylation sites is 1. The Bertz CT molecular complexity index is 808. The second kappa shape index (κ2) is 7.42. The van der Waals surface area contributed by atoms with E-state index in [-0.39, 0.29) is 24.6 Å². The molecule has 0 saturated carbocycles. The van der Waals surface area contributed by atoms with Gasteiger partial charge in [-0.25, -0.2) is 8.78 Å². The maximum atomic E-state index is 13.6. The van der Waals surface area contributed by atoms with Gasteiger partial charge in [0.25, 0.3) is 0 Å². The van der Waals surface area contributed by atoms with E-state index < -0.39 is 17.5 Å². The summed E-state index contributed by atoms with van der Waals surface area (Å²) in [6.07, 6.45) is 1.90. The third-order valence-electron chi connectivity index (χ3n) is 4.21. The minimum absolute atomic E-state index is 0.0657. The van der Waals surface area contributed by atoms with Crippen LogP contribution < -0.4 is 10.2 Å². The highest BCUT2D eigenvalue weighted by molar-refractivity contribution is 5.99. The van der Waals surface area contributed by atoms with Crippen LogP contribution in [-0.2, 0) is 22.6 Å². The second-order valence-corrected chi connectivity index (χ2v) is 5.97. The number of hydrogen-bond donors (Lipinski definition) is 1. The van der Waals surface area contributed by atoms with Crippen molar-refractivity contribution in [2.24, 2.45) is 0 Å². The summed E-state index contributed by atoms with van der Waals surface area (Å²) < 4.78 is 26.8. The Kier molecular flexibility index (Phi) is 5.07. The molecule has 0 aliphatic carbocycles. The Balaban J connectivity index is 1.69. The van der Waals surface area contributed by atoms with Gasteiger partial charge in [-0.1, -0.05) is 18.2 Å². The normalized spacial score (nSPS) is 14.0. The van der Waals surface area contributed by atoms with Crippen molar-refractivity contribution in [1.82, 2.24) is 5.32 Å². The zero-order valence-corrected chi connectivity index (χ0v) is 13.6. The molecule has 2 amide bonds. The zero-order valence-electron chi connectivity index (χ0n) is 13.6. The van der Waals surface area contributed by atoms with E-state index in [1.807, 2.05) is 24.3 Å². The number of fused-ring (bicyclic) bond motifs is 1. The smallest absolute Gasteiger partial charge is 0.240 e. The highest BCUT2D eigenvalue weighted by Crippen LogP contribution is 2.26. The number of aryl methyl sites for hydroxylation is 1. The molecule has 0 spiro atoms. The average Bonchev–Trinajstić information content (AvgIpc) is 2.75. The number of amides is 2. The van der Waals surface area contributed by atoms with Gasteiger partial charge in [0.1, 0.15) is 18.2 Å². The molecule has 0 fully saturated rings. The van der Waals surface area contributed by atoms with Crippen molar-refractivity contribution < 1.29 is 18.4 Å². The van der Waals surface area contributed by atoms with Crippen molar-refractivity contribution in [3.05, 3.63) is 65.2 Å². The van der Waals surface area contributed by atoms with Gasteiger partial charge in [-0.2, -0.15) is 0 Å². The summed E-state index contributed by atoms with van der Waals surface area (Å²) in [4.78, 5) is 26.0. The highest BCUT2D eigenvalue weighted by atomic mass is 19.1. The lowest BCUT2D eigenvalue weighted by molar-refractivity contribution is -0.123. The first-order valence-corrected chi connectivity index (χ1v) is 8.13. The lowest BCUT2D eigenvalue weighted by Crippen LogP contribution is -2.40. The molecule has 3 rings (SSSR count). The molecule has 0 aromatic heterocycles. The molecule has 2 aromatic carbocycles. The van der Waals surface area contributed by atoms with Crippen LogP contribution in [0.4, 0.5) is 14.5 Å². The van der Waals surface area contributed by atoms with Gasteiger partial charge in [-0.3, -0.25) is 9.59 Å². The van der Waals surface area contributed by atoms with Gasteiger partial charge in [0, 0.05) is 24.2 Å². The molecule has 0 atom stereocenters. The van der Waals surface area contributed by atoms with Crippen LogP contribution in [0.25, 0.3) is 0 Å². The van der Waals surface area contributed by atoms with Gasteiger partial charge in [0.15, 0.2) is 0 Å². The van der Waals surface area contributed by atoms with Crippen LogP contribution in [0.3, 0.4) is 0 Å². The molecule has 0 saturated heterocycles. The van der Waals surface area contributed by atoms with E-state index in [9.17, 15) is 18.4 Å². The van der Waals surface area contributed by atoms with Crippen LogP contribution in [-0.4, -0.2) is 18.4 Å². The third kappa shape index (κ3) is 4.02. The van der Waals surface area contributed by atoms with E-state index in [1.165, 1.54) is 4.90 Å². The third-order valence-corrected chi connectivity index (χ3v) is 4.21. The SMILES string of the molecule is O=C(CN1C(=O)CCCc2ccccc21)NCc1cc(F)ccc1F. The highest BCUT2D eigenvalue weighted by Gasteiger charge is 2.23. The Hall–Kier alpha value is -2.76. The number of halogens is 2. The van der Waals surface area contributed by atoms with E-state index in [0.717, 1.165) is 42.3 Å². The Morgan fingerprint density at radius 2 is 1.92 bits per heavy atom. The van der Waals surface area contributed by atoms with Crippen molar-refractivity contribution in [3.8, 4) is 0 Å². The van der Waals surface area contributed by atoms with Gasteiger partial charge in [-0.05, 0) is 42.7 Å². The number of carbonyl (C=O) groups is 2. The lowest BCUT2D eigenvalue weighted by atomic mass is 10.1. The Morgan fingerprint density at radius 1 is 1.12 bits per heavy atom. The van der Waals surface area contributed by atoms with Gasteiger partial charge in [0.05, 0.1) is 0 Å². The van der Waals surface area contributed by atoms with Crippen LogP contribution in [0.15, 0.2) is 42.5 Å². The van der Waals surface area contributed by atoms with Crippen molar-refractivity contribution in [1.29, 1.82) is 0 Å². The van der Waals surface area contributed by atoms with E-state index in [1.54, 1.807) is 0 Å². The fourth-order valence-corrected chi connectivity index (χ4v) is 2.93. The summed E-state index contributed by atoms with van der Waals surface area (Å²) in [5.41, 5.74) is 1.82. The van der Waals surface area contributed by atoms with Gasteiger partial charge in [0.2, 0.25) is 11.8 Å². The topological polar surface area (TPSA) is 49.4 Å². The molecule has 1 N–H and O–H groups in total. The first-order chi connectivity index (χ1) is 12.0. The predicted molar refractivity (Wildman–Crippen MR) is 89.9 cm³/mol. The molecule has 6 heteroatoms. The summed E-state index contributed by atoms with van der Waals surface area (Å²) in [6.45, 7) is -0.279. The monoisotopic (exact) mass is 344 g/mol. The van der Waals surface area contributed by atoms with E-state index in [4.69, 9.17) is 0 Å². The second-order valence-electron chi connectivity index (χ2n) is 5.97. The first kappa shape index (κ1) is 17.1. The molecule has 25 heavy (non-hydrogen) atoms. The molecule has 1 heterocycles. The average molecular weight is 344 g/mol. The largest absolute Gasteiger partial charge is 0.350 e. The summed E-state index contributed by atoms with van der Waals surface area (Å²) in [5.74, 6) is -1.69. The zero-order chi connectivity index (χ0) is 17.8. The standard InChI is InChI=1S/C19H18F2N2O2/c20-15-8-9-16(21)14(10-15)11-22-18(24)12-23-17-6-2-1-4-13(17)5-3-7-19(23)25/h1-2,4,6,8-10H,3,5,7,11-12H2,(H,22,24). The van der Waals surface area contributed by atoms with Crippen molar-refractivity contribution in [2.75, 3.05) is 11.4 Å². The predicted octanol–water partition coefficient (Wildman–Crippen LogP) is 2.95. The minimum atomic E-state index is -0.585. The maximum Gasteiger partial charge on any atom is 0.240 e. The summed E-state index contributed by atoms with van der Waals surface area (Å²) in [6, 6.07) is 10.6. The van der Waals surface area contributed by atoms with Gasteiger partial charge in [-0.15, -0.1) is 0 Å². The molecule has 1 aliphatic rings. The number of carbonyl (C=O) groups excluding carboxylic acids is 2. The molecule has 0 unspecified atom stereocenters.